The smallest absolute Gasteiger partial charge is 0.193 e. The minimum absolute atomic E-state index is 0. The standard InChI is InChI=1S/C17H29ClN4O.HI/c1-19-17(20-9-6-10-23-16-7-4-5-8-16)22(3)13-15-11-14(18)12-21(15)2;/h11-12,16H,4-10,13H2,1-3H3,(H,19,20);1H. The van der Waals surface area contributed by atoms with Crippen LogP contribution in [0.5, 0.6) is 0 Å². The van der Waals surface area contributed by atoms with Gasteiger partial charge in [-0.25, -0.2) is 0 Å². The second-order valence-electron chi connectivity index (χ2n) is 6.22. The van der Waals surface area contributed by atoms with E-state index in [2.05, 4.69) is 15.2 Å². The van der Waals surface area contributed by atoms with Crippen LogP contribution in [0.1, 0.15) is 37.8 Å². The number of rotatable bonds is 7. The maximum atomic E-state index is 6.04. The fourth-order valence-corrected chi connectivity index (χ4v) is 3.28. The van der Waals surface area contributed by atoms with Crippen LogP contribution in [0.4, 0.5) is 0 Å². The first-order valence-electron chi connectivity index (χ1n) is 8.44. The van der Waals surface area contributed by atoms with Crippen molar-refractivity contribution in [1.82, 2.24) is 14.8 Å². The number of aliphatic imine (C=N–C) groups is 1. The summed E-state index contributed by atoms with van der Waals surface area (Å²) in [5, 5.41) is 4.16. The second-order valence-corrected chi connectivity index (χ2v) is 6.66. The molecule has 0 radical (unpaired) electrons. The minimum Gasteiger partial charge on any atom is -0.378 e. The molecule has 0 aliphatic heterocycles. The lowest BCUT2D eigenvalue weighted by Gasteiger charge is -2.22. The summed E-state index contributed by atoms with van der Waals surface area (Å²) in [6.45, 7) is 2.46. The molecule has 0 amide bonds. The molecule has 1 fully saturated rings. The third-order valence-electron chi connectivity index (χ3n) is 4.31. The number of halogens is 2. The van der Waals surface area contributed by atoms with Gasteiger partial charge in [-0.3, -0.25) is 4.99 Å². The van der Waals surface area contributed by atoms with Gasteiger partial charge in [-0.05, 0) is 25.3 Å². The first-order chi connectivity index (χ1) is 11.1. The van der Waals surface area contributed by atoms with Gasteiger partial charge in [0.15, 0.2) is 5.96 Å². The van der Waals surface area contributed by atoms with Gasteiger partial charge < -0.3 is 19.5 Å². The lowest BCUT2D eigenvalue weighted by atomic mass is 10.3. The topological polar surface area (TPSA) is 41.8 Å². The summed E-state index contributed by atoms with van der Waals surface area (Å²) < 4.78 is 7.92. The molecule has 0 saturated heterocycles. The highest BCUT2D eigenvalue weighted by molar-refractivity contribution is 14.0. The van der Waals surface area contributed by atoms with E-state index in [0.29, 0.717) is 6.10 Å². The maximum Gasteiger partial charge on any atom is 0.193 e. The normalized spacial score (nSPS) is 15.4. The molecule has 0 aromatic carbocycles. The van der Waals surface area contributed by atoms with Crippen LogP contribution >= 0.6 is 35.6 Å². The van der Waals surface area contributed by atoms with E-state index in [1.807, 2.05) is 38.0 Å². The van der Waals surface area contributed by atoms with Crippen LogP contribution in [0, 0.1) is 0 Å². The first kappa shape index (κ1) is 21.6. The van der Waals surface area contributed by atoms with Crippen molar-refractivity contribution in [3.63, 3.8) is 0 Å². The molecule has 1 N–H and O–H groups in total. The van der Waals surface area contributed by atoms with Crippen molar-refractivity contribution in [2.45, 2.75) is 44.8 Å². The Hall–Kier alpha value is -0.470. The van der Waals surface area contributed by atoms with Gasteiger partial charge in [-0.1, -0.05) is 24.4 Å². The van der Waals surface area contributed by atoms with Crippen molar-refractivity contribution in [1.29, 1.82) is 0 Å². The zero-order chi connectivity index (χ0) is 16.7. The summed E-state index contributed by atoms with van der Waals surface area (Å²) in [7, 11) is 5.85. The predicted molar refractivity (Wildman–Crippen MR) is 111 cm³/mol. The zero-order valence-corrected chi connectivity index (χ0v) is 18.0. The summed E-state index contributed by atoms with van der Waals surface area (Å²) in [5.74, 6) is 0.892. The fraction of sp³-hybridized carbons (Fsp3) is 0.706. The lowest BCUT2D eigenvalue weighted by molar-refractivity contribution is 0.0573. The molecule has 1 aromatic heterocycles. The van der Waals surface area contributed by atoms with Gasteiger partial charge in [0.05, 0.1) is 17.7 Å². The van der Waals surface area contributed by atoms with Gasteiger partial charge in [-0.15, -0.1) is 24.0 Å². The van der Waals surface area contributed by atoms with E-state index in [1.165, 1.54) is 25.7 Å². The highest BCUT2D eigenvalue weighted by atomic mass is 127. The molecule has 7 heteroatoms. The molecule has 1 aliphatic rings. The molecule has 0 atom stereocenters. The van der Waals surface area contributed by atoms with Gasteiger partial charge in [0.25, 0.3) is 0 Å². The predicted octanol–water partition coefficient (Wildman–Crippen LogP) is 3.65. The van der Waals surface area contributed by atoms with E-state index in [9.17, 15) is 0 Å². The molecule has 0 unspecified atom stereocenters. The lowest BCUT2D eigenvalue weighted by Crippen LogP contribution is -2.39. The second kappa shape index (κ2) is 11.2. The minimum atomic E-state index is 0. The average molecular weight is 469 g/mol. The first-order valence-corrected chi connectivity index (χ1v) is 8.82. The molecule has 1 heterocycles. The van der Waals surface area contributed by atoms with Crippen LogP contribution in [0.2, 0.25) is 5.02 Å². The molecule has 1 aliphatic carbocycles. The van der Waals surface area contributed by atoms with Gasteiger partial charge >= 0.3 is 0 Å². The molecule has 5 nitrogen and oxygen atoms in total. The molecule has 1 saturated carbocycles. The number of aromatic nitrogens is 1. The summed E-state index contributed by atoms with van der Waals surface area (Å²) in [6, 6.07) is 1.99. The summed E-state index contributed by atoms with van der Waals surface area (Å²) in [4.78, 5) is 6.44. The van der Waals surface area contributed by atoms with Gasteiger partial charge in [0.2, 0.25) is 0 Å². The van der Waals surface area contributed by atoms with Crippen molar-refractivity contribution in [2.75, 3.05) is 27.2 Å². The van der Waals surface area contributed by atoms with Gasteiger partial charge in [0, 0.05) is 46.2 Å². The van der Waals surface area contributed by atoms with Gasteiger partial charge in [-0.2, -0.15) is 0 Å². The Bertz CT molecular complexity index is 515. The number of nitrogens with zero attached hydrogens (tertiary/aromatic N) is 3. The Labute approximate surface area is 167 Å². The van der Waals surface area contributed by atoms with Crippen LogP contribution in [-0.2, 0) is 18.3 Å². The average Bonchev–Trinajstić information content (AvgIpc) is 3.13. The third kappa shape index (κ3) is 6.80. The van der Waals surface area contributed by atoms with Crippen molar-refractivity contribution >= 4 is 41.5 Å². The maximum absolute atomic E-state index is 6.04. The number of nitrogens with one attached hydrogen (secondary N) is 1. The molecular formula is C17H30ClIN4O. The van der Waals surface area contributed by atoms with Crippen LogP contribution in [-0.4, -0.2) is 48.8 Å². The Morgan fingerprint density at radius 2 is 2.17 bits per heavy atom. The fourth-order valence-electron chi connectivity index (χ4n) is 3.00. The molecular weight excluding hydrogens is 439 g/mol. The van der Waals surface area contributed by atoms with Crippen molar-refractivity contribution in [3.8, 4) is 0 Å². The highest BCUT2D eigenvalue weighted by Gasteiger charge is 2.14. The van der Waals surface area contributed by atoms with Crippen molar-refractivity contribution in [2.24, 2.45) is 12.0 Å². The van der Waals surface area contributed by atoms with Crippen molar-refractivity contribution < 1.29 is 4.74 Å². The van der Waals surface area contributed by atoms with E-state index < -0.39 is 0 Å². The Morgan fingerprint density at radius 3 is 2.75 bits per heavy atom. The number of hydrogen-bond donors (Lipinski definition) is 1. The molecule has 0 spiro atoms. The zero-order valence-electron chi connectivity index (χ0n) is 14.9. The quantitative estimate of drug-likeness (QED) is 0.287. The summed E-state index contributed by atoms with van der Waals surface area (Å²) in [6.07, 6.45) is 8.53. The largest absolute Gasteiger partial charge is 0.378 e. The number of aryl methyl sites for hydroxylation is 1. The monoisotopic (exact) mass is 468 g/mol. The SMILES string of the molecule is CN=C(NCCCOC1CCCC1)N(C)Cc1cc(Cl)cn1C.I. The number of hydrogen-bond acceptors (Lipinski definition) is 2. The Morgan fingerprint density at radius 1 is 1.46 bits per heavy atom. The van der Waals surface area contributed by atoms with E-state index in [-0.39, 0.29) is 24.0 Å². The number of ether oxygens (including phenoxy) is 1. The molecule has 1 aromatic rings. The Kier molecular flexibility index (Phi) is 10.1. The van der Waals surface area contributed by atoms with Crippen LogP contribution < -0.4 is 5.32 Å². The molecule has 24 heavy (non-hydrogen) atoms. The molecule has 138 valence electrons. The van der Waals surface area contributed by atoms with Gasteiger partial charge in [0.1, 0.15) is 0 Å². The number of guanidine groups is 1. The summed E-state index contributed by atoms with van der Waals surface area (Å²) >= 11 is 6.04. The van der Waals surface area contributed by atoms with E-state index in [1.54, 1.807) is 0 Å². The van der Waals surface area contributed by atoms with Crippen molar-refractivity contribution in [3.05, 3.63) is 23.0 Å². The van der Waals surface area contributed by atoms with E-state index >= 15 is 0 Å². The van der Waals surface area contributed by atoms with E-state index in [4.69, 9.17) is 16.3 Å². The summed E-state index contributed by atoms with van der Waals surface area (Å²) in [5.41, 5.74) is 1.16. The molecule has 0 bridgehead atoms. The van der Waals surface area contributed by atoms with Crippen LogP contribution in [0.15, 0.2) is 17.3 Å². The van der Waals surface area contributed by atoms with E-state index in [0.717, 1.165) is 42.8 Å². The third-order valence-corrected chi connectivity index (χ3v) is 4.51. The van der Waals surface area contributed by atoms with Crippen LogP contribution in [0.25, 0.3) is 0 Å². The molecule has 2 rings (SSSR count). The van der Waals surface area contributed by atoms with Crippen LogP contribution in [0.3, 0.4) is 0 Å². The Balaban J connectivity index is 0.00000288. The highest BCUT2D eigenvalue weighted by Crippen LogP contribution is 2.20.